The first-order valence-electron chi connectivity index (χ1n) is 8.87. The lowest BCUT2D eigenvalue weighted by atomic mass is 9.60. The van der Waals surface area contributed by atoms with Gasteiger partial charge in [-0.25, -0.2) is 15.0 Å². The van der Waals surface area contributed by atoms with Crippen LogP contribution in [0.3, 0.4) is 0 Å². The van der Waals surface area contributed by atoms with E-state index in [0.717, 1.165) is 16.8 Å². The number of nitrogen functional groups attached to an aromatic ring is 1. The van der Waals surface area contributed by atoms with Crippen LogP contribution in [0, 0.1) is 0 Å². The Labute approximate surface area is 151 Å². The summed E-state index contributed by atoms with van der Waals surface area (Å²) >= 11 is 0. The molecular formula is C21H19N5. The van der Waals surface area contributed by atoms with Gasteiger partial charge in [-0.3, -0.25) is 0 Å². The minimum absolute atomic E-state index is 0.0808. The van der Waals surface area contributed by atoms with E-state index in [1.165, 1.54) is 35.8 Å². The SMILES string of the molecule is Nc1ncc(-c2ccc(C3(c4c[nH]c5ncccc45)CCC3)cc2)cn1. The smallest absolute Gasteiger partial charge is 0.219 e. The van der Waals surface area contributed by atoms with Crippen molar-refractivity contribution in [2.24, 2.45) is 0 Å². The van der Waals surface area contributed by atoms with E-state index in [4.69, 9.17) is 5.73 Å². The third-order valence-electron chi connectivity index (χ3n) is 5.62. The van der Waals surface area contributed by atoms with Crippen LogP contribution in [-0.4, -0.2) is 19.9 Å². The molecule has 0 bridgehead atoms. The maximum absolute atomic E-state index is 5.58. The molecule has 0 unspecified atom stereocenters. The Bertz CT molecular complexity index is 1060. The van der Waals surface area contributed by atoms with Crippen molar-refractivity contribution in [3.63, 3.8) is 0 Å². The third-order valence-corrected chi connectivity index (χ3v) is 5.62. The summed E-state index contributed by atoms with van der Waals surface area (Å²) in [5, 5.41) is 1.23. The largest absolute Gasteiger partial charge is 0.368 e. The van der Waals surface area contributed by atoms with Crippen molar-refractivity contribution < 1.29 is 0 Å². The van der Waals surface area contributed by atoms with Gasteiger partial charge in [-0.1, -0.05) is 30.7 Å². The first-order chi connectivity index (χ1) is 12.8. The number of pyridine rings is 1. The Hall–Kier alpha value is -3.21. The Morgan fingerprint density at radius 2 is 1.69 bits per heavy atom. The van der Waals surface area contributed by atoms with Gasteiger partial charge in [0.05, 0.1) is 0 Å². The molecule has 1 saturated carbocycles. The quantitative estimate of drug-likeness (QED) is 0.588. The second-order valence-corrected chi connectivity index (χ2v) is 6.94. The summed E-state index contributed by atoms with van der Waals surface area (Å²) in [5.74, 6) is 0.298. The number of anilines is 1. The highest BCUT2D eigenvalue weighted by atomic mass is 15.0. The molecular weight excluding hydrogens is 322 g/mol. The average Bonchev–Trinajstić information content (AvgIpc) is 3.07. The van der Waals surface area contributed by atoms with Crippen LogP contribution in [0.15, 0.2) is 61.2 Å². The fraction of sp³-hybridized carbons (Fsp3) is 0.190. The molecule has 128 valence electrons. The molecule has 26 heavy (non-hydrogen) atoms. The molecule has 0 aliphatic heterocycles. The van der Waals surface area contributed by atoms with E-state index >= 15 is 0 Å². The molecule has 0 saturated heterocycles. The highest BCUT2D eigenvalue weighted by molar-refractivity contribution is 5.82. The van der Waals surface area contributed by atoms with Gasteiger partial charge in [0, 0.05) is 41.2 Å². The molecule has 5 nitrogen and oxygen atoms in total. The molecule has 0 amide bonds. The molecule has 5 heteroatoms. The Balaban J connectivity index is 1.56. The van der Waals surface area contributed by atoms with Gasteiger partial charge in [0.25, 0.3) is 0 Å². The molecule has 0 atom stereocenters. The number of hydrogen-bond acceptors (Lipinski definition) is 4. The summed E-state index contributed by atoms with van der Waals surface area (Å²) in [5.41, 5.74) is 11.4. The standard InChI is InChI=1S/C21H19N5/c22-20-25-11-15(12-26-20)14-4-6-16(7-5-14)21(8-2-9-21)18-13-24-19-17(18)3-1-10-23-19/h1,3-7,10-13H,2,8-9H2,(H,23,24)(H2,22,25,26). The summed E-state index contributed by atoms with van der Waals surface area (Å²) in [4.78, 5) is 16.0. The Morgan fingerprint density at radius 1 is 0.923 bits per heavy atom. The Morgan fingerprint density at radius 3 is 2.38 bits per heavy atom. The normalized spacial score (nSPS) is 15.7. The molecule has 5 rings (SSSR count). The van der Waals surface area contributed by atoms with Crippen molar-refractivity contribution >= 4 is 17.0 Å². The van der Waals surface area contributed by atoms with Crippen molar-refractivity contribution in [2.45, 2.75) is 24.7 Å². The van der Waals surface area contributed by atoms with Gasteiger partial charge < -0.3 is 10.7 Å². The maximum Gasteiger partial charge on any atom is 0.219 e. The van der Waals surface area contributed by atoms with Crippen LogP contribution in [0.1, 0.15) is 30.4 Å². The molecule has 0 spiro atoms. The second-order valence-electron chi connectivity index (χ2n) is 6.94. The summed E-state index contributed by atoms with van der Waals surface area (Å²) < 4.78 is 0. The summed E-state index contributed by atoms with van der Waals surface area (Å²) in [7, 11) is 0. The van der Waals surface area contributed by atoms with Gasteiger partial charge in [-0.2, -0.15) is 0 Å². The number of nitrogens with one attached hydrogen (secondary N) is 1. The van der Waals surface area contributed by atoms with E-state index in [1.54, 1.807) is 12.4 Å². The molecule has 1 aliphatic carbocycles. The Kier molecular flexibility index (Phi) is 3.28. The fourth-order valence-corrected chi connectivity index (χ4v) is 4.06. The molecule has 0 radical (unpaired) electrons. The van der Waals surface area contributed by atoms with Gasteiger partial charge in [0.15, 0.2) is 0 Å². The molecule has 3 aromatic heterocycles. The van der Waals surface area contributed by atoms with Crippen molar-refractivity contribution in [3.8, 4) is 11.1 Å². The number of rotatable bonds is 3. The number of benzene rings is 1. The van der Waals surface area contributed by atoms with Gasteiger partial charge in [-0.05, 0) is 41.7 Å². The zero-order valence-corrected chi connectivity index (χ0v) is 14.3. The van der Waals surface area contributed by atoms with Crippen LogP contribution in [0.4, 0.5) is 5.95 Å². The zero-order valence-electron chi connectivity index (χ0n) is 14.3. The van der Waals surface area contributed by atoms with Crippen LogP contribution in [-0.2, 0) is 5.41 Å². The average molecular weight is 341 g/mol. The highest BCUT2D eigenvalue weighted by Gasteiger charge is 2.41. The monoisotopic (exact) mass is 341 g/mol. The van der Waals surface area contributed by atoms with Crippen LogP contribution in [0.25, 0.3) is 22.2 Å². The van der Waals surface area contributed by atoms with Crippen LogP contribution >= 0.6 is 0 Å². The minimum Gasteiger partial charge on any atom is -0.368 e. The van der Waals surface area contributed by atoms with Crippen molar-refractivity contribution in [3.05, 3.63) is 72.3 Å². The summed E-state index contributed by atoms with van der Waals surface area (Å²) in [6.45, 7) is 0. The molecule has 4 aromatic rings. The van der Waals surface area contributed by atoms with Crippen LogP contribution < -0.4 is 5.73 Å². The predicted molar refractivity (Wildman–Crippen MR) is 103 cm³/mol. The number of nitrogens with zero attached hydrogens (tertiary/aromatic N) is 3. The molecule has 1 fully saturated rings. The van der Waals surface area contributed by atoms with E-state index < -0.39 is 0 Å². The van der Waals surface area contributed by atoms with Gasteiger partial charge in [0.1, 0.15) is 5.65 Å². The van der Waals surface area contributed by atoms with E-state index in [1.807, 2.05) is 12.3 Å². The van der Waals surface area contributed by atoms with Gasteiger partial charge >= 0.3 is 0 Å². The lowest BCUT2D eigenvalue weighted by molar-refractivity contribution is 0.304. The van der Waals surface area contributed by atoms with E-state index in [-0.39, 0.29) is 5.41 Å². The van der Waals surface area contributed by atoms with Crippen LogP contribution in [0.5, 0.6) is 0 Å². The third kappa shape index (κ3) is 2.20. The van der Waals surface area contributed by atoms with Crippen molar-refractivity contribution in [2.75, 3.05) is 5.73 Å². The van der Waals surface area contributed by atoms with E-state index in [0.29, 0.717) is 5.95 Å². The summed E-state index contributed by atoms with van der Waals surface area (Å²) in [6.07, 6.45) is 11.1. The highest BCUT2D eigenvalue weighted by Crippen LogP contribution is 2.51. The lowest BCUT2D eigenvalue weighted by Gasteiger charge is -2.42. The topological polar surface area (TPSA) is 80.5 Å². The summed E-state index contributed by atoms with van der Waals surface area (Å²) in [6, 6.07) is 12.9. The predicted octanol–water partition coefficient (Wildman–Crippen LogP) is 4.07. The molecule has 3 N–H and O–H groups in total. The number of hydrogen-bond donors (Lipinski definition) is 2. The number of aromatic nitrogens is 4. The zero-order chi connectivity index (χ0) is 17.6. The first kappa shape index (κ1) is 15.1. The number of aromatic amines is 1. The molecule has 3 heterocycles. The number of nitrogens with two attached hydrogens (primary N) is 1. The van der Waals surface area contributed by atoms with Crippen LogP contribution in [0.2, 0.25) is 0 Å². The second kappa shape index (κ2) is 5.66. The fourth-order valence-electron chi connectivity index (χ4n) is 4.06. The van der Waals surface area contributed by atoms with Gasteiger partial charge in [0.2, 0.25) is 5.95 Å². The lowest BCUT2D eigenvalue weighted by Crippen LogP contribution is -2.35. The van der Waals surface area contributed by atoms with E-state index in [2.05, 4.69) is 56.5 Å². The maximum atomic E-state index is 5.58. The number of fused-ring (bicyclic) bond motifs is 1. The van der Waals surface area contributed by atoms with Gasteiger partial charge in [-0.15, -0.1) is 0 Å². The molecule has 1 aromatic carbocycles. The first-order valence-corrected chi connectivity index (χ1v) is 8.87. The minimum atomic E-state index is 0.0808. The van der Waals surface area contributed by atoms with Crippen molar-refractivity contribution in [1.29, 1.82) is 0 Å². The van der Waals surface area contributed by atoms with Crippen molar-refractivity contribution in [1.82, 2.24) is 19.9 Å². The van der Waals surface area contributed by atoms with E-state index in [9.17, 15) is 0 Å². The number of H-pyrrole nitrogens is 1. The molecule has 1 aliphatic rings.